The number of aliphatic hydroxyl groups excluding tert-OH is 2. The maximum absolute atomic E-state index is 10.4. The Morgan fingerprint density at radius 3 is 2.73 bits per heavy atom. The van der Waals surface area contributed by atoms with Crippen molar-refractivity contribution in [2.75, 3.05) is 6.61 Å². The van der Waals surface area contributed by atoms with E-state index < -0.39 is 12.1 Å². The van der Waals surface area contributed by atoms with Crippen LogP contribution < -0.4 is 0 Å². The average molecular weight is 162 g/mol. The standard InChI is InChI=1S/C6H10O5/c7-2-1-5(9)3-6(10)11-4-8/h4-5,7,9H,1-3H2. The minimum absolute atomic E-state index is 0.00794. The molecule has 0 bridgehead atoms. The van der Waals surface area contributed by atoms with E-state index in [1.54, 1.807) is 0 Å². The fraction of sp³-hybridized carbons (Fsp3) is 0.667. The Kier molecular flexibility index (Phi) is 5.32. The minimum Gasteiger partial charge on any atom is -0.396 e. The molecular weight excluding hydrogens is 152 g/mol. The Balaban J connectivity index is 3.48. The second-order valence-corrected chi connectivity index (χ2v) is 1.96. The molecule has 0 aromatic heterocycles. The van der Waals surface area contributed by atoms with E-state index in [4.69, 9.17) is 10.2 Å². The first-order chi connectivity index (χ1) is 5.20. The molecule has 5 nitrogen and oxygen atoms in total. The van der Waals surface area contributed by atoms with Crippen LogP contribution in [0.2, 0.25) is 0 Å². The van der Waals surface area contributed by atoms with Gasteiger partial charge >= 0.3 is 12.4 Å². The lowest BCUT2D eigenvalue weighted by molar-refractivity contribution is -0.152. The predicted molar refractivity (Wildman–Crippen MR) is 34.5 cm³/mol. The summed E-state index contributed by atoms with van der Waals surface area (Å²) in [7, 11) is 0. The van der Waals surface area contributed by atoms with Gasteiger partial charge in [-0.1, -0.05) is 0 Å². The van der Waals surface area contributed by atoms with Gasteiger partial charge in [0.1, 0.15) is 0 Å². The lowest BCUT2D eigenvalue weighted by atomic mass is 10.2. The van der Waals surface area contributed by atoms with Gasteiger partial charge in [-0.15, -0.1) is 0 Å². The van der Waals surface area contributed by atoms with Gasteiger partial charge in [0.25, 0.3) is 0 Å². The highest BCUT2D eigenvalue weighted by Gasteiger charge is 2.10. The molecule has 0 aliphatic heterocycles. The Morgan fingerprint density at radius 2 is 2.27 bits per heavy atom. The molecule has 11 heavy (non-hydrogen) atoms. The molecule has 0 heterocycles. The summed E-state index contributed by atoms with van der Waals surface area (Å²) in [6, 6.07) is 0. The van der Waals surface area contributed by atoms with E-state index in [-0.39, 0.29) is 25.9 Å². The van der Waals surface area contributed by atoms with Crippen LogP contribution in [0, 0.1) is 0 Å². The van der Waals surface area contributed by atoms with Crippen molar-refractivity contribution >= 4 is 12.4 Å². The van der Waals surface area contributed by atoms with Gasteiger partial charge in [-0.25, -0.2) is 0 Å². The molecule has 0 aromatic rings. The van der Waals surface area contributed by atoms with E-state index >= 15 is 0 Å². The van der Waals surface area contributed by atoms with Gasteiger partial charge in [0.2, 0.25) is 0 Å². The Hall–Kier alpha value is -0.940. The van der Waals surface area contributed by atoms with Gasteiger partial charge in [-0.05, 0) is 6.42 Å². The van der Waals surface area contributed by atoms with Gasteiger partial charge in [0, 0.05) is 6.61 Å². The molecule has 0 fully saturated rings. The summed E-state index contributed by atoms with van der Waals surface area (Å²) in [6.45, 7) is -0.191. The monoisotopic (exact) mass is 162 g/mol. The molecule has 2 N–H and O–H groups in total. The molecular formula is C6H10O5. The lowest BCUT2D eigenvalue weighted by Gasteiger charge is -2.04. The fourth-order valence-electron chi connectivity index (χ4n) is 0.545. The zero-order chi connectivity index (χ0) is 8.69. The molecule has 0 aliphatic carbocycles. The largest absolute Gasteiger partial charge is 0.396 e. The van der Waals surface area contributed by atoms with Crippen LogP contribution in [-0.4, -0.2) is 35.4 Å². The first kappa shape index (κ1) is 10.1. The Bertz CT molecular complexity index is 133. The number of ether oxygens (including phenoxy) is 1. The number of esters is 1. The normalized spacial score (nSPS) is 12.2. The molecule has 0 amide bonds. The molecule has 0 saturated heterocycles. The van der Waals surface area contributed by atoms with Gasteiger partial charge in [0.05, 0.1) is 12.5 Å². The zero-order valence-corrected chi connectivity index (χ0v) is 5.90. The van der Waals surface area contributed by atoms with Crippen molar-refractivity contribution < 1.29 is 24.5 Å². The van der Waals surface area contributed by atoms with Crippen LogP contribution in [-0.2, 0) is 14.3 Å². The Morgan fingerprint density at radius 1 is 1.64 bits per heavy atom. The van der Waals surface area contributed by atoms with Crippen molar-refractivity contribution in [3.05, 3.63) is 0 Å². The third-order valence-corrected chi connectivity index (χ3v) is 1.04. The van der Waals surface area contributed by atoms with Gasteiger partial charge in [0.15, 0.2) is 0 Å². The summed E-state index contributed by atoms with van der Waals surface area (Å²) in [5.41, 5.74) is 0. The van der Waals surface area contributed by atoms with E-state index in [0.29, 0.717) is 0 Å². The summed E-state index contributed by atoms with van der Waals surface area (Å²) in [5.74, 6) is -0.791. The molecule has 0 spiro atoms. The molecule has 1 atom stereocenters. The van der Waals surface area contributed by atoms with E-state index in [9.17, 15) is 9.59 Å². The third-order valence-electron chi connectivity index (χ3n) is 1.04. The summed E-state index contributed by atoms with van der Waals surface area (Å²) < 4.78 is 3.90. The van der Waals surface area contributed by atoms with Crippen molar-refractivity contribution in [2.45, 2.75) is 18.9 Å². The van der Waals surface area contributed by atoms with Crippen molar-refractivity contribution in [1.29, 1.82) is 0 Å². The quantitative estimate of drug-likeness (QED) is 0.302. The van der Waals surface area contributed by atoms with Gasteiger partial charge < -0.3 is 14.9 Å². The highest BCUT2D eigenvalue weighted by atomic mass is 16.6. The maximum atomic E-state index is 10.4. The van der Waals surface area contributed by atoms with Crippen molar-refractivity contribution in [3.8, 4) is 0 Å². The third kappa shape index (κ3) is 5.50. The van der Waals surface area contributed by atoms with E-state index in [0.717, 1.165) is 0 Å². The van der Waals surface area contributed by atoms with Crippen LogP contribution in [0.1, 0.15) is 12.8 Å². The molecule has 1 unspecified atom stereocenters. The van der Waals surface area contributed by atoms with Crippen LogP contribution in [0.5, 0.6) is 0 Å². The lowest BCUT2D eigenvalue weighted by Crippen LogP contribution is -2.16. The van der Waals surface area contributed by atoms with E-state index in [1.807, 2.05) is 0 Å². The second kappa shape index (κ2) is 5.82. The van der Waals surface area contributed by atoms with Crippen LogP contribution in [0.25, 0.3) is 0 Å². The van der Waals surface area contributed by atoms with Crippen LogP contribution in [0.4, 0.5) is 0 Å². The molecule has 0 saturated carbocycles. The van der Waals surface area contributed by atoms with Crippen molar-refractivity contribution in [3.63, 3.8) is 0 Å². The van der Waals surface area contributed by atoms with Crippen LogP contribution >= 0.6 is 0 Å². The number of hydrogen-bond donors (Lipinski definition) is 2. The number of hydrogen-bond acceptors (Lipinski definition) is 5. The number of carbonyl (C=O) groups is 2. The topological polar surface area (TPSA) is 83.8 Å². The highest BCUT2D eigenvalue weighted by Crippen LogP contribution is 1.97. The molecule has 0 rings (SSSR count). The molecule has 64 valence electrons. The number of aliphatic hydroxyl groups is 2. The summed E-state index contributed by atoms with van der Waals surface area (Å²) in [5, 5.41) is 17.2. The van der Waals surface area contributed by atoms with Crippen LogP contribution in [0.15, 0.2) is 0 Å². The van der Waals surface area contributed by atoms with Crippen LogP contribution in [0.3, 0.4) is 0 Å². The van der Waals surface area contributed by atoms with E-state index in [2.05, 4.69) is 4.74 Å². The Labute approximate surface area is 63.6 Å². The first-order valence-corrected chi connectivity index (χ1v) is 3.12. The maximum Gasteiger partial charge on any atom is 0.315 e. The second-order valence-electron chi connectivity index (χ2n) is 1.96. The smallest absolute Gasteiger partial charge is 0.315 e. The summed E-state index contributed by atoms with van der Waals surface area (Å²) in [4.78, 5) is 20.0. The summed E-state index contributed by atoms with van der Waals surface area (Å²) >= 11 is 0. The number of carbonyl (C=O) groups excluding carboxylic acids is 2. The van der Waals surface area contributed by atoms with Gasteiger partial charge in [-0.2, -0.15) is 0 Å². The fourth-order valence-corrected chi connectivity index (χ4v) is 0.545. The molecule has 0 aliphatic rings. The SMILES string of the molecule is O=COC(=O)CC(O)CCO. The van der Waals surface area contributed by atoms with Crippen molar-refractivity contribution in [2.24, 2.45) is 0 Å². The average Bonchev–Trinajstić information content (AvgIpc) is 1.87. The zero-order valence-electron chi connectivity index (χ0n) is 5.90. The molecule has 5 heteroatoms. The molecule has 0 radical (unpaired) electrons. The van der Waals surface area contributed by atoms with E-state index in [1.165, 1.54) is 0 Å². The highest BCUT2D eigenvalue weighted by molar-refractivity contribution is 5.76. The van der Waals surface area contributed by atoms with Gasteiger partial charge in [-0.3, -0.25) is 9.59 Å². The molecule has 0 aromatic carbocycles. The summed E-state index contributed by atoms with van der Waals surface area (Å²) in [6.07, 6.45) is -1.10. The first-order valence-electron chi connectivity index (χ1n) is 3.12. The van der Waals surface area contributed by atoms with Crippen molar-refractivity contribution in [1.82, 2.24) is 0 Å². The number of rotatable bonds is 5. The minimum atomic E-state index is -0.938. The predicted octanol–water partition coefficient (Wildman–Crippen LogP) is -1.18.